The van der Waals surface area contributed by atoms with Crippen molar-refractivity contribution in [3.8, 4) is 6.07 Å². The molecule has 1 saturated heterocycles. The van der Waals surface area contributed by atoms with Gasteiger partial charge in [0, 0.05) is 18.8 Å². The lowest BCUT2D eigenvalue weighted by atomic mass is 10.1. The minimum Gasteiger partial charge on any atom is -0.311 e. The molecule has 1 amide bonds. The number of carbonyl (C=O) groups excluding carboxylic acids is 1. The van der Waals surface area contributed by atoms with E-state index in [1.54, 1.807) is 17.0 Å². The van der Waals surface area contributed by atoms with Gasteiger partial charge in [0.1, 0.15) is 11.9 Å². The molecular weight excluding hydrogens is 245 g/mol. The third-order valence-corrected chi connectivity index (χ3v) is 3.20. The Hall–Kier alpha value is -1.93. The molecule has 1 N–H and O–H groups in total. The van der Waals surface area contributed by atoms with Gasteiger partial charge in [0.25, 0.3) is 0 Å². The second-order valence-electron chi connectivity index (χ2n) is 4.85. The average molecular weight is 261 g/mol. The van der Waals surface area contributed by atoms with Crippen molar-refractivity contribution in [1.82, 2.24) is 5.32 Å². The van der Waals surface area contributed by atoms with Crippen LogP contribution >= 0.6 is 0 Å². The van der Waals surface area contributed by atoms with E-state index in [4.69, 9.17) is 5.26 Å². The summed E-state index contributed by atoms with van der Waals surface area (Å²) >= 11 is 0. The van der Waals surface area contributed by atoms with Crippen LogP contribution in [0.2, 0.25) is 0 Å². The molecule has 2 atom stereocenters. The van der Waals surface area contributed by atoms with Crippen LogP contribution in [0.3, 0.4) is 0 Å². The molecule has 1 heterocycles. The first-order valence-electron chi connectivity index (χ1n) is 6.29. The number of amides is 1. The molecule has 2 unspecified atom stereocenters. The molecule has 1 aromatic carbocycles. The van der Waals surface area contributed by atoms with Crippen molar-refractivity contribution >= 4 is 11.6 Å². The van der Waals surface area contributed by atoms with E-state index in [9.17, 15) is 9.18 Å². The highest BCUT2D eigenvalue weighted by molar-refractivity contribution is 5.97. The number of nitrogens with zero attached hydrogens (tertiary/aromatic N) is 2. The van der Waals surface area contributed by atoms with Crippen molar-refractivity contribution in [1.29, 1.82) is 5.26 Å². The number of halogens is 1. The lowest BCUT2D eigenvalue weighted by Gasteiger charge is -2.24. The molecule has 100 valence electrons. The van der Waals surface area contributed by atoms with Crippen LogP contribution in [0.5, 0.6) is 0 Å². The molecule has 5 heteroatoms. The van der Waals surface area contributed by atoms with Crippen LogP contribution in [0.1, 0.15) is 13.3 Å². The molecule has 1 fully saturated rings. The quantitative estimate of drug-likeness (QED) is 0.881. The van der Waals surface area contributed by atoms with Gasteiger partial charge in [-0.3, -0.25) is 4.79 Å². The minimum atomic E-state index is -0.486. The number of hydrogen-bond donors (Lipinski definition) is 1. The predicted molar refractivity (Wildman–Crippen MR) is 69.9 cm³/mol. The Bertz CT molecular complexity index is 494. The number of carbonyl (C=O) groups is 1. The van der Waals surface area contributed by atoms with Crippen LogP contribution in [0.15, 0.2) is 24.3 Å². The van der Waals surface area contributed by atoms with Gasteiger partial charge in [-0.1, -0.05) is 6.92 Å². The molecule has 1 aromatic rings. The van der Waals surface area contributed by atoms with E-state index in [2.05, 4.69) is 5.32 Å². The van der Waals surface area contributed by atoms with E-state index in [-0.39, 0.29) is 24.1 Å². The number of anilines is 1. The van der Waals surface area contributed by atoms with Crippen molar-refractivity contribution in [3.63, 3.8) is 0 Å². The highest BCUT2D eigenvalue weighted by Crippen LogP contribution is 2.20. The zero-order valence-electron chi connectivity index (χ0n) is 10.8. The van der Waals surface area contributed by atoms with Gasteiger partial charge >= 0.3 is 0 Å². The van der Waals surface area contributed by atoms with Gasteiger partial charge in [-0.25, -0.2) is 4.39 Å². The second kappa shape index (κ2) is 5.81. The van der Waals surface area contributed by atoms with E-state index >= 15 is 0 Å². The fourth-order valence-corrected chi connectivity index (χ4v) is 2.19. The SMILES string of the molecule is CC1CNC(CC#N)C(=O)N(c2ccc(F)cc2)C1. The maximum absolute atomic E-state index is 12.9. The average Bonchev–Trinajstić information content (AvgIpc) is 2.53. The summed E-state index contributed by atoms with van der Waals surface area (Å²) < 4.78 is 12.9. The van der Waals surface area contributed by atoms with Crippen LogP contribution in [-0.2, 0) is 4.79 Å². The van der Waals surface area contributed by atoms with E-state index in [1.807, 2.05) is 13.0 Å². The molecule has 4 nitrogen and oxygen atoms in total. The predicted octanol–water partition coefficient (Wildman–Crippen LogP) is 1.68. The molecule has 19 heavy (non-hydrogen) atoms. The zero-order chi connectivity index (χ0) is 13.8. The topological polar surface area (TPSA) is 56.1 Å². The molecule has 1 aliphatic rings. The van der Waals surface area contributed by atoms with E-state index < -0.39 is 6.04 Å². The summed E-state index contributed by atoms with van der Waals surface area (Å²) in [4.78, 5) is 14.0. The van der Waals surface area contributed by atoms with Gasteiger partial charge < -0.3 is 10.2 Å². The first-order chi connectivity index (χ1) is 9.11. The third kappa shape index (κ3) is 3.09. The maximum atomic E-state index is 12.9. The number of rotatable bonds is 2. The number of nitrogens with one attached hydrogen (secondary N) is 1. The molecule has 1 aliphatic heterocycles. The summed E-state index contributed by atoms with van der Waals surface area (Å²) in [6, 6.07) is 7.40. The van der Waals surface area contributed by atoms with Crippen LogP contribution in [0.25, 0.3) is 0 Å². The van der Waals surface area contributed by atoms with Crippen molar-refractivity contribution in [3.05, 3.63) is 30.1 Å². The summed E-state index contributed by atoms with van der Waals surface area (Å²) in [6.45, 7) is 3.29. The van der Waals surface area contributed by atoms with Gasteiger partial charge in [-0.2, -0.15) is 5.26 Å². The van der Waals surface area contributed by atoms with Gasteiger partial charge in [0.05, 0.1) is 12.5 Å². The standard InChI is InChI=1S/C14H16FN3O/c1-10-8-17-13(6-7-16)14(19)18(9-10)12-4-2-11(15)3-5-12/h2-5,10,13,17H,6,8-9H2,1H3. The monoisotopic (exact) mass is 261 g/mol. The smallest absolute Gasteiger partial charge is 0.245 e. The Morgan fingerprint density at radius 1 is 1.47 bits per heavy atom. The molecule has 0 bridgehead atoms. The van der Waals surface area contributed by atoms with E-state index in [0.717, 1.165) is 0 Å². The van der Waals surface area contributed by atoms with Crippen LogP contribution in [0, 0.1) is 23.1 Å². The normalized spacial score (nSPS) is 23.8. The molecule has 0 saturated carbocycles. The molecule has 0 spiro atoms. The van der Waals surface area contributed by atoms with Gasteiger partial charge in [-0.15, -0.1) is 0 Å². The van der Waals surface area contributed by atoms with Crippen LogP contribution in [0.4, 0.5) is 10.1 Å². The molecule has 2 rings (SSSR count). The Kier molecular flexibility index (Phi) is 4.13. The molecular formula is C14H16FN3O. The molecule has 0 radical (unpaired) electrons. The fourth-order valence-electron chi connectivity index (χ4n) is 2.19. The van der Waals surface area contributed by atoms with Crippen molar-refractivity contribution in [2.45, 2.75) is 19.4 Å². The number of hydrogen-bond acceptors (Lipinski definition) is 3. The summed E-state index contributed by atoms with van der Waals surface area (Å²) in [5.74, 6) is -0.180. The molecule has 0 aliphatic carbocycles. The Balaban J connectivity index is 2.27. The highest BCUT2D eigenvalue weighted by Gasteiger charge is 2.29. The first-order valence-corrected chi connectivity index (χ1v) is 6.29. The summed E-state index contributed by atoms with van der Waals surface area (Å²) in [7, 11) is 0. The Morgan fingerprint density at radius 3 is 2.79 bits per heavy atom. The highest BCUT2D eigenvalue weighted by atomic mass is 19.1. The van der Waals surface area contributed by atoms with Crippen molar-refractivity contribution in [2.75, 3.05) is 18.0 Å². The fraction of sp³-hybridized carbons (Fsp3) is 0.429. The van der Waals surface area contributed by atoms with Gasteiger partial charge in [-0.05, 0) is 30.2 Å². The van der Waals surface area contributed by atoms with E-state index in [0.29, 0.717) is 18.8 Å². The van der Waals surface area contributed by atoms with Crippen LogP contribution in [-0.4, -0.2) is 25.0 Å². The lowest BCUT2D eigenvalue weighted by molar-refractivity contribution is -0.120. The third-order valence-electron chi connectivity index (χ3n) is 3.20. The molecule has 0 aromatic heterocycles. The van der Waals surface area contributed by atoms with E-state index in [1.165, 1.54) is 12.1 Å². The maximum Gasteiger partial charge on any atom is 0.245 e. The summed E-state index contributed by atoms with van der Waals surface area (Å²) in [5, 5.41) is 11.9. The number of benzene rings is 1. The van der Waals surface area contributed by atoms with Crippen LogP contribution < -0.4 is 10.2 Å². The lowest BCUT2D eigenvalue weighted by Crippen LogP contribution is -2.43. The largest absolute Gasteiger partial charge is 0.311 e. The Morgan fingerprint density at radius 2 is 2.16 bits per heavy atom. The summed E-state index contributed by atoms with van der Waals surface area (Å²) in [5.41, 5.74) is 0.671. The second-order valence-corrected chi connectivity index (χ2v) is 4.85. The van der Waals surface area contributed by atoms with Crippen molar-refractivity contribution in [2.24, 2.45) is 5.92 Å². The van der Waals surface area contributed by atoms with Crippen molar-refractivity contribution < 1.29 is 9.18 Å². The zero-order valence-corrected chi connectivity index (χ0v) is 10.8. The first kappa shape index (κ1) is 13.5. The minimum absolute atomic E-state index is 0.127. The number of nitriles is 1. The Labute approximate surface area is 111 Å². The van der Waals surface area contributed by atoms with Gasteiger partial charge in [0.15, 0.2) is 0 Å². The summed E-state index contributed by atoms with van der Waals surface area (Å²) in [6.07, 6.45) is 0.142. The van der Waals surface area contributed by atoms with Gasteiger partial charge in [0.2, 0.25) is 5.91 Å².